The third kappa shape index (κ3) is 4.49. The highest BCUT2D eigenvalue weighted by molar-refractivity contribution is 6.02. The minimum absolute atomic E-state index is 0.0299. The number of benzene rings is 1. The lowest BCUT2D eigenvalue weighted by atomic mass is 9.96. The Morgan fingerprint density at radius 3 is 2.72 bits per heavy atom. The lowest BCUT2D eigenvalue weighted by Gasteiger charge is -2.37. The molecule has 3 fully saturated rings. The number of quaternary nitrogens is 1. The van der Waals surface area contributed by atoms with Crippen molar-refractivity contribution in [2.45, 2.75) is 38.6 Å². The Morgan fingerprint density at radius 1 is 1.06 bits per heavy atom. The summed E-state index contributed by atoms with van der Waals surface area (Å²) >= 11 is 0. The van der Waals surface area contributed by atoms with Gasteiger partial charge in [-0.25, -0.2) is 9.97 Å². The highest BCUT2D eigenvalue weighted by Crippen LogP contribution is 2.31. The summed E-state index contributed by atoms with van der Waals surface area (Å²) in [5.74, 6) is 3.99. The number of nitrogens with one attached hydrogen (secondary N) is 1. The summed E-state index contributed by atoms with van der Waals surface area (Å²) in [5, 5.41) is 12.4. The zero-order valence-electron chi connectivity index (χ0n) is 21.0. The highest BCUT2D eigenvalue weighted by Gasteiger charge is 2.31. The predicted octanol–water partition coefficient (Wildman–Crippen LogP) is 2.01. The van der Waals surface area contributed by atoms with Crippen LogP contribution < -0.4 is 10.2 Å². The van der Waals surface area contributed by atoms with Gasteiger partial charge in [0, 0.05) is 44.2 Å². The summed E-state index contributed by atoms with van der Waals surface area (Å²) < 4.78 is 5.57. The van der Waals surface area contributed by atoms with Crippen molar-refractivity contribution < 1.29 is 10.1 Å². The number of ether oxygens (including phenoxy) is 1. The number of rotatable bonds is 4. The van der Waals surface area contributed by atoms with Crippen molar-refractivity contribution in [3.8, 4) is 0 Å². The van der Waals surface area contributed by atoms with Gasteiger partial charge in [0.25, 0.3) is 0 Å². The number of anilines is 1. The zero-order valence-corrected chi connectivity index (χ0v) is 21.0. The monoisotopic (exact) mass is 487 g/mol. The number of nitrogens with zero attached hydrogens (tertiary/aromatic N) is 6. The van der Waals surface area contributed by atoms with Gasteiger partial charge in [-0.3, -0.25) is 5.32 Å². The number of likely N-dealkylation sites (tertiary alicyclic amines) is 1. The van der Waals surface area contributed by atoms with Crippen LogP contribution in [0.4, 0.5) is 5.82 Å². The van der Waals surface area contributed by atoms with E-state index < -0.39 is 0 Å². The first-order chi connectivity index (χ1) is 17.7. The first-order valence-corrected chi connectivity index (χ1v) is 13.2. The number of morpholine rings is 1. The lowest BCUT2D eigenvalue weighted by Crippen LogP contribution is -2.84. The molecule has 4 aliphatic rings. The summed E-state index contributed by atoms with van der Waals surface area (Å²) in [4.78, 5) is 21.2. The second-order valence-corrected chi connectivity index (χ2v) is 10.0. The normalized spacial score (nSPS) is 24.0. The predicted molar refractivity (Wildman–Crippen MR) is 141 cm³/mol. The van der Waals surface area contributed by atoms with Crippen LogP contribution >= 0.6 is 0 Å². The number of fused-ring (bicyclic) bond motifs is 1. The average Bonchev–Trinajstić information content (AvgIpc) is 2.88. The number of aliphatic imine (C=N–C) groups is 1. The van der Waals surface area contributed by atoms with Crippen LogP contribution in [0.5, 0.6) is 0 Å². The fourth-order valence-electron chi connectivity index (χ4n) is 5.55. The van der Waals surface area contributed by atoms with E-state index in [1.165, 1.54) is 17.8 Å². The summed E-state index contributed by atoms with van der Waals surface area (Å²) in [7, 11) is 0. The van der Waals surface area contributed by atoms with Gasteiger partial charge in [0.05, 0.1) is 36.6 Å². The molecule has 1 atom stereocenters. The summed E-state index contributed by atoms with van der Waals surface area (Å²) in [6.07, 6.45) is 10.2. The van der Waals surface area contributed by atoms with Gasteiger partial charge in [0.1, 0.15) is 18.0 Å². The van der Waals surface area contributed by atoms with Gasteiger partial charge in [0.2, 0.25) is 11.6 Å². The van der Waals surface area contributed by atoms with Crippen molar-refractivity contribution in [3.63, 3.8) is 0 Å². The Kier molecular flexibility index (Phi) is 6.41. The molecule has 9 heteroatoms. The maximum Gasteiger partial charge on any atom is 0.234 e. The lowest BCUT2D eigenvalue weighted by molar-refractivity contribution is -0.574. The molecule has 36 heavy (non-hydrogen) atoms. The van der Waals surface area contributed by atoms with E-state index in [1.807, 2.05) is 18.2 Å². The Hall–Kier alpha value is -3.30. The molecule has 5 heterocycles. The molecule has 2 aromatic rings. The molecule has 0 amide bonds. The number of aryl methyl sites for hydroxylation is 1. The summed E-state index contributed by atoms with van der Waals surface area (Å²) in [5.41, 5.74) is 2.72. The number of hydrogen-bond donors (Lipinski definition) is 2. The van der Waals surface area contributed by atoms with Gasteiger partial charge in [-0.15, -0.1) is 0 Å². The molecule has 4 aliphatic heterocycles. The topological polar surface area (TPSA) is 97.5 Å². The number of nitrogens with two attached hydrogens (primary N) is 1. The van der Waals surface area contributed by atoms with Crippen LogP contribution in [-0.4, -0.2) is 83.3 Å². The molecule has 0 spiro atoms. The Bertz CT molecular complexity index is 1240. The van der Waals surface area contributed by atoms with Gasteiger partial charge >= 0.3 is 0 Å². The molecule has 0 aliphatic carbocycles. The first-order valence-electron chi connectivity index (χ1n) is 13.2. The third-order valence-electron chi connectivity index (χ3n) is 7.66. The van der Waals surface area contributed by atoms with Crippen LogP contribution in [-0.2, 0) is 4.74 Å². The fraction of sp³-hybridized carbons (Fsp3) is 0.481. The molecule has 3 N–H and O–H groups in total. The van der Waals surface area contributed by atoms with E-state index in [0.29, 0.717) is 5.71 Å². The third-order valence-corrected chi connectivity index (χ3v) is 7.66. The minimum atomic E-state index is -0.0299. The van der Waals surface area contributed by atoms with Gasteiger partial charge < -0.3 is 24.8 Å². The van der Waals surface area contributed by atoms with Gasteiger partial charge in [-0.05, 0) is 44.2 Å². The summed E-state index contributed by atoms with van der Waals surface area (Å²) in [6.45, 7) is 8.37. The number of amidine groups is 1. The molecule has 0 saturated carbocycles. The quantitative estimate of drug-likeness (QED) is 0.641. The second-order valence-electron chi connectivity index (χ2n) is 10.0. The minimum Gasteiger partial charge on any atom is -0.378 e. The largest absolute Gasteiger partial charge is 0.378 e. The Balaban J connectivity index is 1.30. The summed E-state index contributed by atoms with van der Waals surface area (Å²) in [6, 6.07) is 6.17. The number of hydrogen-bond acceptors (Lipinski definition) is 8. The van der Waals surface area contributed by atoms with Crippen LogP contribution in [0.1, 0.15) is 31.2 Å². The van der Waals surface area contributed by atoms with Crippen LogP contribution in [0.15, 0.2) is 53.3 Å². The Morgan fingerprint density at radius 2 is 1.92 bits per heavy atom. The molecule has 1 aromatic carbocycles. The molecule has 6 rings (SSSR count). The molecule has 9 nitrogen and oxygen atoms in total. The van der Waals surface area contributed by atoms with E-state index in [0.717, 1.165) is 93.6 Å². The van der Waals surface area contributed by atoms with E-state index in [2.05, 4.69) is 44.1 Å². The molecule has 1 unspecified atom stereocenters. The first kappa shape index (κ1) is 23.1. The molecular formula is C27H35N8O+. The van der Waals surface area contributed by atoms with Crippen molar-refractivity contribution in [1.82, 2.24) is 19.8 Å². The number of aromatic nitrogens is 2. The van der Waals surface area contributed by atoms with E-state index >= 15 is 0 Å². The van der Waals surface area contributed by atoms with Gasteiger partial charge in [-0.2, -0.15) is 4.99 Å². The Labute approximate surface area is 212 Å². The van der Waals surface area contributed by atoms with Gasteiger partial charge in [-0.1, -0.05) is 12.1 Å². The van der Waals surface area contributed by atoms with Gasteiger partial charge in [0.15, 0.2) is 0 Å². The van der Waals surface area contributed by atoms with Crippen LogP contribution in [0.3, 0.4) is 0 Å². The SMILES string of the molecule is Cc1cccc2ncnc(N3CCCCC3C(=N)/C=C3/N=C(N4CCC4)C=C(N4CCOCC4)[NH2+]3)c12. The van der Waals surface area contributed by atoms with Crippen LogP contribution in [0.2, 0.25) is 0 Å². The van der Waals surface area contributed by atoms with E-state index in [9.17, 15) is 5.41 Å². The molecule has 3 saturated heterocycles. The van der Waals surface area contributed by atoms with Crippen LogP contribution in [0.25, 0.3) is 10.9 Å². The maximum absolute atomic E-state index is 9.19. The molecule has 0 radical (unpaired) electrons. The molecule has 188 valence electrons. The van der Waals surface area contributed by atoms with Crippen molar-refractivity contribution >= 4 is 28.3 Å². The van der Waals surface area contributed by atoms with E-state index in [1.54, 1.807) is 6.33 Å². The fourth-order valence-corrected chi connectivity index (χ4v) is 5.55. The average molecular weight is 488 g/mol. The van der Waals surface area contributed by atoms with Crippen molar-refractivity contribution in [2.75, 3.05) is 50.8 Å². The number of piperidine rings is 1. The molecule has 1 aromatic heterocycles. The zero-order chi connectivity index (χ0) is 24.5. The maximum atomic E-state index is 9.19. The molecular weight excluding hydrogens is 452 g/mol. The second kappa shape index (κ2) is 9.99. The highest BCUT2D eigenvalue weighted by atomic mass is 16.5. The van der Waals surface area contributed by atoms with Crippen molar-refractivity contribution in [1.29, 1.82) is 5.41 Å². The standard InChI is InChI=1S/C27H34N8O/c1-19-6-4-7-21-26(19)27(30-18-29-21)35-11-3-2-8-22(35)20(28)16-23-31-24(33-9-5-10-33)17-25(32-23)34-12-14-36-15-13-34/h4,6-7,16-18,22,28,32H,2-3,5,8-15H2,1H3/p+1/b23-16-,28-20?. The van der Waals surface area contributed by atoms with Crippen LogP contribution in [0, 0.1) is 12.3 Å². The smallest absolute Gasteiger partial charge is 0.234 e. The van der Waals surface area contributed by atoms with Crippen molar-refractivity contribution in [2.24, 2.45) is 4.99 Å². The molecule has 0 bridgehead atoms. The van der Waals surface area contributed by atoms with Crippen molar-refractivity contribution in [3.05, 3.63) is 53.9 Å². The van der Waals surface area contributed by atoms with E-state index in [4.69, 9.17) is 14.7 Å². The van der Waals surface area contributed by atoms with E-state index in [-0.39, 0.29) is 6.04 Å².